The van der Waals surface area contributed by atoms with Crippen molar-refractivity contribution in [3.8, 4) is 0 Å². The molecule has 1 atom stereocenters. The zero-order valence-electron chi connectivity index (χ0n) is 8.03. The maximum atomic E-state index is 11.5. The van der Waals surface area contributed by atoms with Crippen LogP contribution >= 0.6 is 0 Å². The summed E-state index contributed by atoms with van der Waals surface area (Å²) in [5.74, 6) is 4.67. The summed E-state index contributed by atoms with van der Waals surface area (Å²) in [7, 11) is 0. The van der Waals surface area contributed by atoms with E-state index in [9.17, 15) is 9.59 Å². The summed E-state index contributed by atoms with van der Waals surface area (Å²) in [5.41, 5.74) is 2.11. The van der Waals surface area contributed by atoms with Crippen molar-refractivity contribution in [2.24, 2.45) is 11.8 Å². The molecule has 14 heavy (non-hydrogen) atoms. The van der Waals surface area contributed by atoms with Gasteiger partial charge in [-0.3, -0.25) is 15.0 Å². The van der Waals surface area contributed by atoms with Crippen LogP contribution in [0.25, 0.3) is 0 Å². The Bertz CT molecular complexity index is 263. The zero-order valence-corrected chi connectivity index (χ0v) is 8.03. The van der Waals surface area contributed by atoms with Gasteiger partial charge in [-0.1, -0.05) is 0 Å². The largest absolute Gasteiger partial charge is 0.339 e. The highest BCUT2D eigenvalue weighted by atomic mass is 16.2. The predicted octanol–water partition coefficient (Wildman–Crippen LogP) is -0.623. The van der Waals surface area contributed by atoms with E-state index in [1.165, 1.54) is 6.42 Å². The lowest BCUT2D eigenvalue weighted by molar-refractivity contribution is -0.131. The second-order valence-electron chi connectivity index (χ2n) is 4.04. The summed E-state index contributed by atoms with van der Waals surface area (Å²) in [6.45, 7) is 0.548. The molecule has 0 aromatic rings. The quantitative estimate of drug-likeness (QED) is 0.352. The summed E-state index contributed by atoms with van der Waals surface area (Å²) >= 11 is 0. The molecule has 0 aromatic carbocycles. The van der Waals surface area contributed by atoms with Gasteiger partial charge in [0.2, 0.25) is 11.8 Å². The molecule has 0 radical (unpaired) electrons. The third-order valence-corrected chi connectivity index (χ3v) is 3.19. The van der Waals surface area contributed by atoms with Crippen LogP contribution in [0.3, 0.4) is 0 Å². The van der Waals surface area contributed by atoms with Crippen LogP contribution in [0.4, 0.5) is 0 Å². The number of carbonyl (C=O) groups excluding carboxylic acids is 2. The minimum absolute atomic E-state index is 0.100. The number of carbonyl (C=O) groups is 2. The van der Waals surface area contributed by atoms with Gasteiger partial charge in [-0.2, -0.15) is 0 Å². The van der Waals surface area contributed by atoms with E-state index in [-0.39, 0.29) is 17.7 Å². The van der Waals surface area contributed by atoms with E-state index in [2.05, 4.69) is 5.43 Å². The van der Waals surface area contributed by atoms with Crippen molar-refractivity contribution < 1.29 is 9.59 Å². The first-order valence-electron chi connectivity index (χ1n) is 5.02. The molecule has 1 saturated heterocycles. The Morgan fingerprint density at radius 3 is 2.71 bits per heavy atom. The van der Waals surface area contributed by atoms with E-state index in [0.717, 1.165) is 12.8 Å². The number of nitrogens with one attached hydrogen (secondary N) is 1. The van der Waals surface area contributed by atoms with Crippen LogP contribution in [-0.4, -0.2) is 29.3 Å². The van der Waals surface area contributed by atoms with Gasteiger partial charge in [0, 0.05) is 19.0 Å². The summed E-state index contributed by atoms with van der Waals surface area (Å²) < 4.78 is 0. The molecule has 2 aliphatic rings. The molecule has 1 heterocycles. The molecule has 0 bridgehead atoms. The molecule has 1 aliphatic carbocycles. The second kappa shape index (κ2) is 3.57. The van der Waals surface area contributed by atoms with Crippen molar-refractivity contribution >= 4 is 11.8 Å². The fourth-order valence-corrected chi connectivity index (χ4v) is 2.08. The van der Waals surface area contributed by atoms with Gasteiger partial charge in [0.15, 0.2) is 0 Å². The van der Waals surface area contributed by atoms with Gasteiger partial charge in [0.1, 0.15) is 0 Å². The Kier molecular flexibility index (Phi) is 2.41. The highest BCUT2D eigenvalue weighted by Gasteiger charge is 2.39. The van der Waals surface area contributed by atoms with E-state index < -0.39 is 0 Å². The molecule has 78 valence electrons. The Balaban J connectivity index is 1.96. The summed E-state index contributed by atoms with van der Waals surface area (Å²) in [4.78, 5) is 24.6. The maximum absolute atomic E-state index is 11.5. The fourth-order valence-electron chi connectivity index (χ4n) is 2.08. The fraction of sp³-hybridized carbons (Fsp3) is 0.778. The van der Waals surface area contributed by atoms with E-state index in [1.807, 2.05) is 4.90 Å². The second-order valence-corrected chi connectivity index (χ2v) is 4.04. The number of hydrazine groups is 1. The third-order valence-electron chi connectivity index (χ3n) is 3.19. The molecular weight excluding hydrogens is 182 g/mol. The van der Waals surface area contributed by atoms with Gasteiger partial charge in [0.25, 0.3) is 0 Å². The van der Waals surface area contributed by atoms with Gasteiger partial charge in [-0.25, -0.2) is 5.84 Å². The van der Waals surface area contributed by atoms with Crippen LogP contribution in [0.2, 0.25) is 0 Å². The predicted molar refractivity (Wildman–Crippen MR) is 49.8 cm³/mol. The molecule has 0 aromatic heterocycles. The Labute approximate surface area is 82.6 Å². The number of nitrogens with two attached hydrogens (primary N) is 1. The van der Waals surface area contributed by atoms with Gasteiger partial charge in [-0.05, 0) is 19.3 Å². The lowest BCUT2D eigenvalue weighted by Crippen LogP contribution is -2.42. The third kappa shape index (κ3) is 1.48. The first-order valence-corrected chi connectivity index (χ1v) is 5.02. The van der Waals surface area contributed by atoms with Crippen LogP contribution in [0.15, 0.2) is 0 Å². The molecule has 2 rings (SSSR count). The number of hydrogen-bond donors (Lipinski definition) is 2. The minimum Gasteiger partial charge on any atom is -0.339 e. The van der Waals surface area contributed by atoms with Crippen molar-refractivity contribution in [1.29, 1.82) is 0 Å². The van der Waals surface area contributed by atoms with Gasteiger partial charge < -0.3 is 4.90 Å². The number of amides is 2. The Morgan fingerprint density at radius 1 is 1.50 bits per heavy atom. The summed E-state index contributed by atoms with van der Waals surface area (Å²) in [6.07, 6.45) is 3.69. The van der Waals surface area contributed by atoms with Crippen LogP contribution in [0.1, 0.15) is 25.7 Å². The number of nitrogens with zero attached hydrogens (tertiary/aromatic N) is 1. The molecule has 2 amide bonds. The van der Waals surface area contributed by atoms with Crippen molar-refractivity contribution in [3.63, 3.8) is 0 Å². The highest BCUT2D eigenvalue weighted by molar-refractivity contribution is 5.89. The van der Waals surface area contributed by atoms with Gasteiger partial charge >= 0.3 is 0 Å². The Hall–Kier alpha value is -1.10. The lowest BCUT2D eigenvalue weighted by atomic mass is 9.92. The molecular formula is C9H15N3O2. The number of rotatable bonds is 2. The monoisotopic (exact) mass is 197 g/mol. The van der Waals surface area contributed by atoms with Crippen molar-refractivity contribution in [2.45, 2.75) is 31.7 Å². The van der Waals surface area contributed by atoms with Crippen molar-refractivity contribution in [1.82, 2.24) is 10.3 Å². The summed E-state index contributed by atoms with van der Waals surface area (Å²) in [6, 6.07) is 0.387. The van der Waals surface area contributed by atoms with Gasteiger partial charge in [0.05, 0.1) is 5.92 Å². The first kappa shape index (κ1) is 9.45. The van der Waals surface area contributed by atoms with Crippen LogP contribution < -0.4 is 11.3 Å². The molecule has 2 fully saturated rings. The average molecular weight is 197 g/mol. The van der Waals surface area contributed by atoms with Crippen LogP contribution in [0, 0.1) is 5.92 Å². The molecule has 0 spiro atoms. The van der Waals surface area contributed by atoms with Crippen molar-refractivity contribution in [2.75, 3.05) is 6.54 Å². The topological polar surface area (TPSA) is 75.4 Å². The maximum Gasteiger partial charge on any atom is 0.239 e. The minimum atomic E-state index is -0.243. The zero-order chi connectivity index (χ0) is 10.1. The summed E-state index contributed by atoms with van der Waals surface area (Å²) in [5, 5.41) is 0. The number of likely N-dealkylation sites (tertiary alicyclic amines) is 1. The highest BCUT2D eigenvalue weighted by Crippen LogP contribution is 2.30. The molecule has 3 N–H and O–H groups in total. The smallest absolute Gasteiger partial charge is 0.239 e. The standard InChI is InChI=1S/C9H15N3O2/c10-11-9(14)6-4-8(13)12(5-6)7-2-1-3-7/h6-7H,1-5,10H2,(H,11,14). The SMILES string of the molecule is NNC(=O)C1CC(=O)N(C2CCC2)C1. The molecule has 1 saturated carbocycles. The molecule has 1 unspecified atom stereocenters. The van der Waals surface area contributed by atoms with Crippen LogP contribution in [-0.2, 0) is 9.59 Å². The van der Waals surface area contributed by atoms with Crippen LogP contribution in [0.5, 0.6) is 0 Å². The van der Waals surface area contributed by atoms with E-state index in [1.54, 1.807) is 0 Å². The molecule has 5 heteroatoms. The number of hydrogen-bond acceptors (Lipinski definition) is 3. The van der Waals surface area contributed by atoms with E-state index in [4.69, 9.17) is 5.84 Å². The van der Waals surface area contributed by atoms with E-state index >= 15 is 0 Å². The lowest BCUT2D eigenvalue weighted by Gasteiger charge is -2.34. The normalized spacial score (nSPS) is 27.6. The van der Waals surface area contributed by atoms with Crippen molar-refractivity contribution in [3.05, 3.63) is 0 Å². The first-order chi connectivity index (χ1) is 6.72. The molecule has 1 aliphatic heterocycles. The van der Waals surface area contributed by atoms with E-state index in [0.29, 0.717) is 19.0 Å². The van der Waals surface area contributed by atoms with Gasteiger partial charge in [-0.15, -0.1) is 0 Å². The average Bonchev–Trinajstić information content (AvgIpc) is 2.44. The molecule has 5 nitrogen and oxygen atoms in total. The Morgan fingerprint density at radius 2 is 2.21 bits per heavy atom.